The van der Waals surface area contributed by atoms with Crippen molar-refractivity contribution < 1.29 is 24.0 Å². The lowest BCUT2D eigenvalue weighted by Gasteiger charge is -2.28. The van der Waals surface area contributed by atoms with Crippen LogP contribution in [0.15, 0.2) is 18.2 Å². The molecule has 1 aromatic rings. The van der Waals surface area contributed by atoms with Crippen molar-refractivity contribution in [3.05, 3.63) is 34.9 Å². The Morgan fingerprint density at radius 2 is 1.77 bits per heavy atom. The SMILES string of the molecule is CN(C)[C@H]1CCCCN(C(=O)c2ccc3c(c2)C(=O)N(C2CCC(=O)NC2=O)C3=O)C1. The van der Waals surface area contributed by atoms with E-state index in [1.165, 1.54) is 12.1 Å². The van der Waals surface area contributed by atoms with Gasteiger partial charge in [0.2, 0.25) is 11.8 Å². The predicted molar refractivity (Wildman–Crippen MR) is 110 cm³/mol. The van der Waals surface area contributed by atoms with Gasteiger partial charge in [-0.05, 0) is 51.6 Å². The summed E-state index contributed by atoms with van der Waals surface area (Å²) in [5, 5.41) is 2.18. The van der Waals surface area contributed by atoms with E-state index in [4.69, 9.17) is 0 Å². The molecule has 2 atom stereocenters. The molecular weight excluding hydrogens is 400 g/mol. The molecule has 1 unspecified atom stereocenters. The zero-order valence-electron chi connectivity index (χ0n) is 17.7. The number of carbonyl (C=O) groups excluding carboxylic acids is 5. The number of likely N-dealkylation sites (tertiary alicyclic amines) is 1. The van der Waals surface area contributed by atoms with E-state index in [0.29, 0.717) is 18.7 Å². The Morgan fingerprint density at radius 1 is 1.03 bits per heavy atom. The number of amides is 5. The summed E-state index contributed by atoms with van der Waals surface area (Å²) in [5.41, 5.74) is 0.650. The third kappa shape index (κ3) is 3.85. The van der Waals surface area contributed by atoms with Crippen LogP contribution < -0.4 is 5.32 Å². The van der Waals surface area contributed by atoms with Crippen LogP contribution in [-0.4, -0.2) is 83.5 Å². The third-order valence-corrected chi connectivity index (χ3v) is 6.35. The normalized spacial score (nSPS) is 24.4. The molecule has 5 amide bonds. The van der Waals surface area contributed by atoms with Gasteiger partial charge >= 0.3 is 0 Å². The minimum atomic E-state index is -1.02. The molecular formula is C22H26N4O5. The second-order valence-electron chi connectivity index (χ2n) is 8.57. The minimum absolute atomic E-state index is 0.0650. The molecule has 9 nitrogen and oxygen atoms in total. The first kappa shape index (κ1) is 21.2. The number of benzene rings is 1. The smallest absolute Gasteiger partial charge is 0.262 e. The summed E-state index contributed by atoms with van der Waals surface area (Å²) in [6.07, 6.45) is 3.15. The molecule has 1 N–H and O–H groups in total. The van der Waals surface area contributed by atoms with Crippen molar-refractivity contribution in [1.29, 1.82) is 0 Å². The number of likely N-dealkylation sites (N-methyl/N-ethyl adjacent to an activating group) is 1. The summed E-state index contributed by atoms with van der Waals surface area (Å²) in [7, 11) is 4.00. The molecule has 3 aliphatic rings. The van der Waals surface area contributed by atoms with Gasteiger partial charge in [0.05, 0.1) is 11.1 Å². The fourth-order valence-electron chi connectivity index (χ4n) is 4.51. The van der Waals surface area contributed by atoms with E-state index in [1.807, 2.05) is 14.1 Å². The van der Waals surface area contributed by atoms with Crippen molar-refractivity contribution in [3.63, 3.8) is 0 Å². The quantitative estimate of drug-likeness (QED) is 0.711. The molecule has 0 aliphatic carbocycles. The highest BCUT2D eigenvalue weighted by Crippen LogP contribution is 2.29. The predicted octanol–water partition coefficient (Wildman–Crippen LogP) is 0.644. The van der Waals surface area contributed by atoms with Crippen LogP contribution in [-0.2, 0) is 9.59 Å². The van der Waals surface area contributed by atoms with Gasteiger partial charge in [-0.1, -0.05) is 6.42 Å². The average Bonchev–Trinajstić information content (AvgIpc) is 2.91. The lowest BCUT2D eigenvalue weighted by molar-refractivity contribution is -0.136. The standard InChI is InChI=1S/C22H26N4O5/c1-24(2)14-5-3-4-10-25(12-14)20(29)13-6-7-15-16(11-13)22(31)26(21(15)30)17-8-9-18(27)23-19(17)28/h6-7,11,14,17H,3-5,8-10,12H2,1-2H3,(H,23,27,28)/t14-,17?/m0/s1. The highest BCUT2D eigenvalue weighted by Gasteiger charge is 2.44. The zero-order valence-corrected chi connectivity index (χ0v) is 17.7. The number of piperidine rings is 1. The summed E-state index contributed by atoms with van der Waals surface area (Å²) in [6, 6.07) is 3.76. The van der Waals surface area contributed by atoms with E-state index in [0.717, 1.165) is 24.2 Å². The number of nitrogens with zero attached hydrogens (tertiary/aromatic N) is 3. The molecule has 4 rings (SSSR count). The van der Waals surface area contributed by atoms with Crippen molar-refractivity contribution in [1.82, 2.24) is 20.0 Å². The summed E-state index contributed by atoms with van der Waals surface area (Å²) in [5.74, 6) is -2.42. The first-order valence-corrected chi connectivity index (χ1v) is 10.6. The van der Waals surface area contributed by atoms with Gasteiger partial charge in [0.15, 0.2) is 0 Å². The summed E-state index contributed by atoms with van der Waals surface area (Å²) < 4.78 is 0. The molecule has 1 aromatic carbocycles. The van der Waals surface area contributed by atoms with Gasteiger partial charge in [0.1, 0.15) is 6.04 Å². The first-order valence-electron chi connectivity index (χ1n) is 10.6. The number of hydrogen-bond donors (Lipinski definition) is 1. The van der Waals surface area contributed by atoms with Crippen LogP contribution in [0.3, 0.4) is 0 Å². The lowest BCUT2D eigenvalue weighted by Crippen LogP contribution is -2.54. The van der Waals surface area contributed by atoms with Crippen LogP contribution in [0.5, 0.6) is 0 Å². The monoisotopic (exact) mass is 426 g/mol. The van der Waals surface area contributed by atoms with Crippen LogP contribution in [0.1, 0.15) is 63.2 Å². The maximum Gasteiger partial charge on any atom is 0.262 e. The highest BCUT2D eigenvalue weighted by atomic mass is 16.2. The van der Waals surface area contributed by atoms with Crippen molar-refractivity contribution in [2.45, 2.75) is 44.2 Å². The molecule has 2 saturated heterocycles. The third-order valence-electron chi connectivity index (χ3n) is 6.35. The maximum atomic E-state index is 13.2. The molecule has 0 aromatic heterocycles. The van der Waals surface area contributed by atoms with E-state index >= 15 is 0 Å². The van der Waals surface area contributed by atoms with Crippen LogP contribution in [0, 0.1) is 0 Å². The fraction of sp³-hybridized carbons (Fsp3) is 0.500. The van der Waals surface area contributed by atoms with Gasteiger partial charge in [0, 0.05) is 31.1 Å². The van der Waals surface area contributed by atoms with Crippen LogP contribution in [0.25, 0.3) is 0 Å². The minimum Gasteiger partial charge on any atom is -0.337 e. The van der Waals surface area contributed by atoms with Crippen LogP contribution >= 0.6 is 0 Å². The van der Waals surface area contributed by atoms with Gasteiger partial charge < -0.3 is 9.80 Å². The molecule has 9 heteroatoms. The van der Waals surface area contributed by atoms with Gasteiger partial charge in [-0.15, -0.1) is 0 Å². The Kier molecular flexibility index (Phi) is 5.62. The molecule has 31 heavy (non-hydrogen) atoms. The maximum absolute atomic E-state index is 13.2. The zero-order chi connectivity index (χ0) is 22.3. The molecule has 3 heterocycles. The number of rotatable bonds is 3. The van der Waals surface area contributed by atoms with Crippen molar-refractivity contribution in [2.24, 2.45) is 0 Å². The topological polar surface area (TPSA) is 107 Å². The molecule has 0 radical (unpaired) electrons. The van der Waals surface area contributed by atoms with Gasteiger partial charge in [-0.25, -0.2) is 0 Å². The Balaban J connectivity index is 1.57. The number of carbonyl (C=O) groups is 5. The van der Waals surface area contributed by atoms with Crippen LogP contribution in [0.2, 0.25) is 0 Å². The Morgan fingerprint density at radius 3 is 2.48 bits per heavy atom. The lowest BCUT2D eigenvalue weighted by atomic mass is 10.0. The van der Waals surface area contributed by atoms with Crippen LogP contribution in [0.4, 0.5) is 0 Å². The van der Waals surface area contributed by atoms with Crippen molar-refractivity contribution >= 4 is 29.5 Å². The van der Waals surface area contributed by atoms with Crippen molar-refractivity contribution in [2.75, 3.05) is 27.2 Å². The van der Waals surface area contributed by atoms with Crippen molar-refractivity contribution in [3.8, 4) is 0 Å². The Labute approximate surface area is 180 Å². The number of fused-ring (bicyclic) bond motifs is 1. The molecule has 2 fully saturated rings. The van der Waals surface area contributed by atoms with Gasteiger partial charge in [-0.2, -0.15) is 0 Å². The molecule has 164 valence electrons. The van der Waals surface area contributed by atoms with E-state index in [1.54, 1.807) is 11.0 Å². The largest absolute Gasteiger partial charge is 0.337 e. The average molecular weight is 426 g/mol. The van der Waals surface area contributed by atoms with E-state index in [2.05, 4.69) is 10.2 Å². The Hall–Kier alpha value is -3.07. The number of imide groups is 2. The second-order valence-corrected chi connectivity index (χ2v) is 8.57. The first-order chi connectivity index (χ1) is 14.8. The van der Waals surface area contributed by atoms with Gasteiger partial charge in [0.25, 0.3) is 17.7 Å². The fourth-order valence-corrected chi connectivity index (χ4v) is 4.51. The summed E-state index contributed by atoms with van der Waals surface area (Å²) in [6.45, 7) is 1.26. The number of hydrogen-bond acceptors (Lipinski definition) is 6. The van der Waals surface area contributed by atoms with E-state index in [9.17, 15) is 24.0 Å². The Bertz CT molecular complexity index is 973. The second kappa shape index (κ2) is 8.22. The molecule has 3 aliphatic heterocycles. The van der Waals surface area contributed by atoms with E-state index < -0.39 is 29.7 Å². The molecule has 0 spiro atoms. The van der Waals surface area contributed by atoms with Gasteiger partial charge in [-0.3, -0.25) is 34.2 Å². The number of nitrogens with one attached hydrogen (secondary N) is 1. The highest BCUT2D eigenvalue weighted by molar-refractivity contribution is 6.24. The molecule has 0 saturated carbocycles. The summed E-state index contributed by atoms with van der Waals surface area (Å²) in [4.78, 5) is 67.4. The molecule has 0 bridgehead atoms. The summed E-state index contributed by atoms with van der Waals surface area (Å²) >= 11 is 0. The van der Waals surface area contributed by atoms with E-state index in [-0.39, 0.29) is 35.9 Å².